The van der Waals surface area contributed by atoms with Crippen LogP contribution in [-0.2, 0) is 4.74 Å². The number of halogens is 1. The van der Waals surface area contributed by atoms with E-state index in [9.17, 15) is 9.18 Å². The number of hydrogen-bond acceptors (Lipinski definition) is 4. The molecule has 2 unspecified atom stereocenters. The molecule has 2 atom stereocenters. The molecule has 6 heteroatoms. The Kier molecular flexibility index (Phi) is 4.61. The molecular formula is C13H18FN3O2. The molecule has 104 valence electrons. The van der Waals surface area contributed by atoms with E-state index in [1.807, 2.05) is 0 Å². The largest absolute Gasteiger partial charge is 0.411 e. The number of nitrogens with one attached hydrogen (secondary N) is 1. The summed E-state index contributed by atoms with van der Waals surface area (Å²) in [5.41, 5.74) is 12.8. The number of ether oxygens (including phenoxy) is 1. The Morgan fingerprint density at radius 1 is 1.37 bits per heavy atom. The second-order valence-corrected chi connectivity index (χ2v) is 4.49. The third-order valence-electron chi connectivity index (χ3n) is 3.31. The fourth-order valence-electron chi connectivity index (χ4n) is 1.90. The maximum absolute atomic E-state index is 13.4. The van der Waals surface area contributed by atoms with Crippen molar-refractivity contribution >= 4 is 12.0 Å². The third-order valence-corrected chi connectivity index (χ3v) is 3.31. The maximum Gasteiger partial charge on any atom is 0.411 e. The Bertz CT molecular complexity index is 517. The average molecular weight is 267 g/mol. The predicted octanol–water partition coefficient (Wildman–Crippen LogP) is 1.95. The van der Waals surface area contributed by atoms with E-state index in [1.165, 1.54) is 6.07 Å². The number of primary amides is 1. The van der Waals surface area contributed by atoms with E-state index in [0.717, 1.165) is 11.1 Å². The second-order valence-electron chi connectivity index (χ2n) is 4.49. The van der Waals surface area contributed by atoms with Gasteiger partial charge in [-0.05, 0) is 36.6 Å². The van der Waals surface area contributed by atoms with E-state index in [2.05, 4.69) is 4.74 Å². The van der Waals surface area contributed by atoms with Crippen LogP contribution in [-0.4, -0.2) is 18.0 Å². The monoisotopic (exact) mass is 267 g/mol. The van der Waals surface area contributed by atoms with Crippen LogP contribution in [0.15, 0.2) is 12.1 Å². The SMILES string of the molecule is Cc1c(F)ccc(C(C)C(N)C(=N)OC(N)=O)c1C. The zero-order chi connectivity index (χ0) is 14.7. The van der Waals surface area contributed by atoms with Gasteiger partial charge in [0, 0.05) is 5.92 Å². The minimum Gasteiger partial charge on any atom is -0.394 e. The molecule has 0 spiro atoms. The summed E-state index contributed by atoms with van der Waals surface area (Å²) in [7, 11) is 0. The molecule has 1 aromatic carbocycles. The van der Waals surface area contributed by atoms with Gasteiger partial charge in [-0.1, -0.05) is 13.0 Å². The molecule has 0 heterocycles. The van der Waals surface area contributed by atoms with Crippen LogP contribution in [0.4, 0.5) is 9.18 Å². The molecule has 0 bridgehead atoms. The summed E-state index contributed by atoms with van der Waals surface area (Å²) in [4.78, 5) is 10.6. The van der Waals surface area contributed by atoms with Gasteiger partial charge < -0.3 is 16.2 Å². The third kappa shape index (κ3) is 3.29. The van der Waals surface area contributed by atoms with Crippen LogP contribution in [0.1, 0.15) is 29.5 Å². The highest BCUT2D eigenvalue weighted by molar-refractivity contribution is 5.89. The lowest BCUT2D eigenvalue weighted by atomic mass is 9.88. The number of hydrogen-bond donors (Lipinski definition) is 3. The van der Waals surface area contributed by atoms with E-state index in [4.69, 9.17) is 16.9 Å². The molecule has 5 N–H and O–H groups in total. The molecule has 0 radical (unpaired) electrons. The van der Waals surface area contributed by atoms with Crippen LogP contribution in [0.5, 0.6) is 0 Å². The Labute approximate surface area is 111 Å². The topological polar surface area (TPSA) is 102 Å². The minimum absolute atomic E-state index is 0.287. The summed E-state index contributed by atoms with van der Waals surface area (Å²) in [6, 6.07) is 2.16. The zero-order valence-corrected chi connectivity index (χ0v) is 11.2. The number of rotatable bonds is 3. The fraction of sp³-hybridized carbons (Fsp3) is 0.385. The minimum atomic E-state index is -1.07. The number of carbonyl (C=O) groups is 1. The highest BCUT2D eigenvalue weighted by Gasteiger charge is 2.24. The molecule has 1 aromatic rings. The van der Waals surface area contributed by atoms with Gasteiger partial charge in [0.1, 0.15) is 5.82 Å². The average Bonchev–Trinajstić information content (AvgIpc) is 2.33. The van der Waals surface area contributed by atoms with Gasteiger partial charge in [-0.2, -0.15) is 0 Å². The molecule has 0 saturated heterocycles. The van der Waals surface area contributed by atoms with Gasteiger partial charge in [-0.25, -0.2) is 9.18 Å². The van der Waals surface area contributed by atoms with Crippen molar-refractivity contribution in [1.82, 2.24) is 0 Å². The lowest BCUT2D eigenvalue weighted by molar-refractivity contribution is 0.204. The van der Waals surface area contributed by atoms with Crippen molar-refractivity contribution in [3.63, 3.8) is 0 Å². The Balaban J connectivity index is 3.00. The van der Waals surface area contributed by atoms with E-state index in [1.54, 1.807) is 26.8 Å². The van der Waals surface area contributed by atoms with Crippen molar-refractivity contribution in [2.45, 2.75) is 32.7 Å². The second kappa shape index (κ2) is 5.79. The van der Waals surface area contributed by atoms with E-state index in [0.29, 0.717) is 5.56 Å². The molecule has 19 heavy (non-hydrogen) atoms. The highest BCUT2D eigenvalue weighted by atomic mass is 19.1. The van der Waals surface area contributed by atoms with Crippen LogP contribution in [0, 0.1) is 25.1 Å². The molecular weight excluding hydrogens is 249 g/mol. The van der Waals surface area contributed by atoms with Gasteiger partial charge in [0.2, 0.25) is 5.90 Å². The molecule has 0 saturated carbocycles. The van der Waals surface area contributed by atoms with Gasteiger partial charge in [-0.15, -0.1) is 0 Å². The summed E-state index contributed by atoms with van der Waals surface area (Å²) < 4.78 is 17.9. The van der Waals surface area contributed by atoms with Crippen LogP contribution in [0.2, 0.25) is 0 Å². The van der Waals surface area contributed by atoms with Gasteiger partial charge in [0.25, 0.3) is 0 Å². The summed E-state index contributed by atoms with van der Waals surface area (Å²) in [5, 5.41) is 7.55. The summed E-state index contributed by atoms with van der Waals surface area (Å²) in [6.07, 6.45) is -1.07. The van der Waals surface area contributed by atoms with E-state index in [-0.39, 0.29) is 11.7 Å². The lowest BCUT2D eigenvalue weighted by Crippen LogP contribution is -2.39. The van der Waals surface area contributed by atoms with Crippen LogP contribution >= 0.6 is 0 Å². The standard InChI is InChI=1S/C13H18FN3O2/c1-6-7(2)10(14)5-4-9(6)8(3)11(15)12(16)19-13(17)18/h4-5,8,11,16H,15H2,1-3H3,(H2,17,18). The molecule has 5 nitrogen and oxygen atoms in total. The first kappa shape index (κ1) is 15.1. The molecule has 0 aliphatic rings. The summed E-state index contributed by atoms with van der Waals surface area (Å²) >= 11 is 0. The van der Waals surface area contributed by atoms with Crippen molar-refractivity contribution in [3.8, 4) is 0 Å². The highest BCUT2D eigenvalue weighted by Crippen LogP contribution is 2.26. The fourth-order valence-corrected chi connectivity index (χ4v) is 1.90. The van der Waals surface area contributed by atoms with Crippen molar-refractivity contribution in [1.29, 1.82) is 5.41 Å². The summed E-state index contributed by atoms with van der Waals surface area (Å²) in [5.74, 6) is -0.988. The Morgan fingerprint density at radius 3 is 2.47 bits per heavy atom. The van der Waals surface area contributed by atoms with Gasteiger partial charge >= 0.3 is 6.09 Å². The van der Waals surface area contributed by atoms with Crippen molar-refractivity contribution in [3.05, 3.63) is 34.6 Å². The molecule has 0 aromatic heterocycles. The number of carbonyl (C=O) groups excluding carboxylic acids is 1. The Hall–Kier alpha value is -1.95. The van der Waals surface area contributed by atoms with Crippen molar-refractivity contribution in [2.75, 3.05) is 0 Å². The van der Waals surface area contributed by atoms with Gasteiger partial charge in [-0.3, -0.25) is 5.41 Å². The predicted molar refractivity (Wildman–Crippen MR) is 70.7 cm³/mol. The zero-order valence-electron chi connectivity index (χ0n) is 11.2. The van der Waals surface area contributed by atoms with Gasteiger partial charge in [0.15, 0.2) is 0 Å². The summed E-state index contributed by atoms with van der Waals surface area (Å²) in [6.45, 7) is 5.25. The number of amides is 1. The van der Waals surface area contributed by atoms with Crippen LogP contribution < -0.4 is 11.5 Å². The first-order chi connectivity index (χ1) is 8.75. The maximum atomic E-state index is 13.4. The number of nitrogens with two attached hydrogens (primary N) is 2. The van der Waals surface area contributed by atoms with Crippen LogP contribution in [0.25, 0.3) is 0 Å². The first-order valence-electron chi connectivity index (χ1n) is 5.82. The van der Waals surface area contributed by atoms with Crippen LogP contribution in [0.3, 0.4) is 0 Å². The van der Waals surface area contributed by atoms with Crippen molar-refractivity contribution in [2.24, 2.45) is 11.5 Å². The molecule has 1 amide bonds. The normalized spacial score (nSPS) is 13.7. The van der Waals surface area contributed by atoms with E-state index < -0.39 is 18.0 Å². The molecule has 0 fully saturated rings. The molecule has 0 aliphatic carbocycles. The molecule has 1 rings (SSSR count). The molecule has 0 aliphatic heterocycles. The van der Waals surface area contributed by atoms with Gasteiger partial charge in [0.05, 0.1) is 6.04 Å². The lowest BCUT2D eigenvalue weighted by Gasteiger charge is -2.22. The Morgan fingerprint density at radius 2 is 1.95 bits per heavy atom. The smallest absolute Gasteiger partial charge is 0.394 e. The number of benzene rings is 1. The first-order valence-corrected chi connectivity index (χ1v) is 5.82. The quantitative estimate of drug-likeness (QED) is 0.576. The van der Waals surface area contributed by atoms with Crippen molar-refractivity contribution < 1.29 is 13.9 Å². The van der Waals surface area contributed by atoms with E-state index >= 15 is 0 Å².